The number of benzene rings is 1. The van der Waals surface area contributed by atoms with Crippen LogP contribution in [0.4, 0.5) is 5.69 Å². The molecule has 0 atom stereocenters. The molecule has 1 amide bonds. The van der Waals surface area contributed by atoms with Gasteiger partial charge in [0.1, 0.15) is 12.0 Å². The van der Waals surface area contributed by atoms with Crippen LogP contribution in [0.2, 0.25) is 0 Å². The van der Waals surface area contributed by atoms with Gasteiger partial charge < -0.3 is 15.4 Å². The molecule has 1 aromatic carbocycles. The highest BCUT2D eigenvalue weighted by atomic mass is 16.5. The van der Waals surface area contributed by atoms with Gasteiger partial charge in [-0.05, 0) is 32.0 Å². The molecule has 1 rings (SSSR count). The van der Waals surface area contributed by atoms with Gasteiger partial charge in [-0.25, -0.2) is 0 Å². The number of carbonyl (C=O) groups excluding carboxylic acids is 2. The fourth-order valence-electron chi connectivity index (χ4n) is 1.58. The zero-order valence-electron chi connectivity index (χ0n) is 10.7. The maximum absolute atomic E-state index is 11.7. The van der Waals surface area contributed by atoms with Crippen molar-refractivity contribution >= 4 is 17.9 Å². The monoisotopic (exact) mass is 250 g/mol. The first-order chi connectivity index (χ1) is 8.62. The Balaban J connectivity index is 2.63. The molecule has 0 radical (unpaired) electrons. The standard InChI is InChI=1S/C13H18N2O3/c1-3-15(4-2)13(17)9-18-12-6-5-10(8-16)7-11(12)14/h5-8H,3-4,9,14H2,1-2H3. The molecule has 5 nitrogen and oxygen atoms in total. The normalized spacial score (nSPS) is 9.89. The summed E-state index contributed by atoms with van der Waals surface area (Å²) in [6, 6.07) is 4.71. The van der Waals surface area contributed by atoms with Gasteiger partial charge >= 0.3 is 0 Å². The Hall–Kier alpha value is -2.04. The van der Waals surface area contributed by atoms with Gasteiger partial charge in [-0.2, -0.15) is 0 Å². The van der Waals surface area contributed by atoms with Crippen molar-refractivity contribution in [3.05, 3.63) is 23.8 Å². The molecule has 0 heterocycles. The smallest absolute Gasteiger partial charge is 0.260 e. The van der Waals surface area contributed by atoms with Crippen molar-refractivity contribution in [2.75, 3.05) is 25.4 Å². The third kappa shape index (κ3) is 3.48. The number of rotatable bonds is 6. The molecular formula is C13H18N2O3. The number of nitrogens with two attached hydrogens (primary N) is 1. The van der Waals surface area contributed by atoms with E-state index in [0.717, 1.165) is 0 Å². The number of aldehydes is 1. The number of hydrogen-bond acceptors (Lipinski definition) is 4. The molecule has 0 aliphatic carbocycles. The summed E-state index contributed by atoms with van der Waals surface area (Å²) in [6.45, 7) is 5.08. The van der Waals surface area contributed by atoms with E-state index in [4.69, 9.17) is 10.5 Å². The Morgan fingerprint density at radius 1 is 1.39 bits per heavy atom. The summed E-state index contributed by atoms with van der Waals surface area (Å²) in [7, 11) is 0. The number of likely N-dealkylation sites (N-methyl/N-ethyl adjacent to an activating group) is 1. The number of anilines is 1. The molecule has 0 bridgehead atoms. The zero-order chi connectivity index (χ0) is 13.5. The van der Waals surface area contributed by atoms with Crippen molar-refractivity contribution in [3.63, 3.8) is 0 Å². The van der Waals surface area contributed by atoms with E-state index in [9.17, 15) is 9.59 Å². The minimum Gasteiger partial charge on any atom is -0.482 e. The predicted octanol–water partition coefficient (Wildman–Crippen LogP) is 1.33. The van der Waals surface area contributed by atoms with Crippen molar-refractivity contribution in [1.82, 2.24) is 4.90 Å². The fourth-order valence-corrected chi connectivity index (χ4v) is 1.58. The lowest BCUT2D eigenvalue weighted by Gasteiger charge is -2.19. The summed E-state index contributed by atoms with van der Waals surface area (Å²) in [5.41, 5.74) is 6.55. The summed E-state index contributed by atoms with van der Waals surface area (Å²) in [5.74, 6) is 0.333. The second kappa shape index (κ2) is 6.64. The average Bonchev–Trinajstić information content (AvgIpc) is 2.38. The lowest BCUT2D eigenvalue weighted by atomic mass is 10.2. The van der Waals surface area contributed by atoms with Crippen LogP contribution in [0.25, 0.3) is 0 Å². The Morgan fingerprint density at radius 2 is 2.06 bits per heavy atom. The third-order valence-electron chi connectivity index (χ3n) is 2.64. The largest absolute Gasteiger partial charge is 0.482 e. The van der Waals surface area contributed by atoms with Gasteiger partial charge in [0, 0.05) is 18.7 Å². The second-order valence-electron chi connectivity index (χ2n) is 3.77. The summed E-state index contributed by atoms with van der Waals surface area (Å²) in [6.07, 6.45) is 0.710. The minimum absolute atomic E-state index is 0.0493. The van der Waals surface area contributed by atoms with E-state index in [0.29, 0.717) is 36.4 Å². The Morgan fingerprint density at radius 3 is 2.56 bits per heavy atom. The van der Waals surface area contributed by atoms with Crippen molar-refractivity contribution < 1.29 is 14.3 Å². The number of ether oxygens (including phenoxy) is 1. The van der Waals surface area contributed by atoms with Gasteiger partial charge in [0.05, 0.1) is 5.69 Å². The van der Waals surface area contributed by atoms with E-state index in [1.807, 2.05) is 13.8 Å². The van der Waals surface area contributed by atoms with Crippen LogP contribution >= 0.6 is 0 Å². The van der Waals surface area contributed by atoms with Crippen LogP contribution in [0.5, 0.6) is 5.75 Å². The van der Waals surface area contributed by atoms with Gasteiger partial charge in [0.15, 0.2) is 6.61 Å². The van der Waals surface area contributed by atoms with Crippen molar-refractivity contribution in [2.45, 2.75) is 13.8 Å². The lowest BCUT2D eigenvalue weighted by Crippen LogP contribution is -2.34. The molecule has 0 fully saturated rings. The van der Waals surface area contributed by atoms with E-state index in [1.165, 1.54) is 6.07 Å². The quantitative estimate of drug-likeness (QED) is 0.610. The highest BCUT2D eigenvalue weighted by molar-refractivity contribution is 5.79. The summed E-state index contributed by atoms with van der Waals surface area (Å²) in [5, 5.41) is 0. The molecule has 98 valence electrons. The molecule has 0 unspecified atom stereocenters. The molecule has 0 saturated heterocycles. The predicted molar refractivity (Wildman–Crippen MR) is 69.7 cm³/mol. The van der Waals surface area contributed by atoms with Crippen LogP contribution in [0.15, 0.2) is 18.2 Å². The summed E-state index contributed by atoms with van der Waals surface area (Å²) >= 11 is 0. The zero-order valence-corrected chi connectivity index (χ0v) is 10.7. The van der Waals surface area contributed by atoms with Crippen LogP contribution in [0.3, 0.4) is 0 Å². The van der Waals surface area contributed by atoms with Crippen molar-refractivity contribution in [3.8, 4) is 5.75 Å². The van der Waals surface area contributed by atoms with Crippen LogP contribution in [-0.2, 0) is 4.79 Å². The molecular weight excluding hydrogens is 232 g/mol. The van der Waals surface area contributed by atoms with Gasteiger partial charge in [-0.1, -0.05) is 0 Å². The molecule has 1 aromatic rings. The molecule has 0 aliphatic heterocycles. The number of hydrogen-bond donors (Lipinski definition) is 1. The molecule has 0 aliphatic rings. The maximum Gasteiger partial charge on any atom is 0.260 e. The molecule has 2 N–H and O–H groups in total. The highest BCUT2D eigenvalue weighted by Gasteiger charge is 2.11. The fraction of sp³-hybridized carbons (Fsp3) is 0.385. The van der Waals surface area contributed by atoms with E-state index in [1.54, 1.807) is 17.0 Å². The molecule has 5 heteroatoms. The van der Waals surface area contributed by atoms with E-state index >= 15 is 0 Å². The Kier molecular flexibility index (Phi) is 5.17. The maximum atomic E-state index is 11.7. The summed E-state index contributed by atoms with van der Waals surface area (Å²) < 4.78 is 5.35. The van der Waals surface area contributed by atoms with E-state index in [-0.39, 0.29) is 12.5 Å². The van der Waals surface area contributed by atoms with Gasteiger partial charge in [-0.15, -0.1) is 0 Å². The molecule has 0 saturated carbocycles. The summed E-state index contributed by atoms with van der Waals surface area (Å²) in [4.78, 5) is 23.9. The first-order valence-electron chi connectivity index (χ1n) is 5.87. The van der Waals surface area contributed by atoms with Crippen LogP contribution in [0.1, 0.15) is 24.2 Å². The second-order valence-corrected chi connectivity index (χ2v) is 3.77. The van der Waals surface area contributed by atoms with Crippen molar-refractivity contribution in [1.29, 1.82) is 0 Å². The van der Waals surface area contributed by atoms with Crippen LogP contribution < -0.4 is 10.5 Å². The molecule has 0 aromatic heterocycles. The van der Waals surface area contributed by atoms with Crippen molar-refractivity contribution in [2.24, 2.45) is 0 Å². The first kappa shape index (κ1) is 14.0. The average molecular weight is 250 g/mol. The number of amides is 1. The SMILES string of the molecule is CCN(CC)C(=O)COc1ccc(C=O)cc1N. The third-order valence-corrected chi connectivity index (χ3v) is 2.64. The Labute approximate surface area is 107 Å². The van der Waals surface area contributed by atoms with E-state index < -0.39 is 0 Å². The number of nitrogen functional groups attached to an aromatic ring is 1. The first-order valence-corrected chi connectivity index (χ1v) is 5.87. The minimum atomic E-state index is -0.0844. The van der Waals surface area contributed by atoms with Gasteiger partial charge in [0.2, 0.25) is 0 Å². The van der Waals surface area contributed by atoms with E-state index in [2.05, 4.69) is 0 Å². The molecule has 18 heavy (non-hydrogen) atoms. The van der Waals surface area contributed by atoms with Gasteiger partial charge in [0.25, 0.3) is 5.91 Å². The van der Waals surface area contributed by atoms with Crippen LogP contribution in [-0.4, -0.2) is 36.8 Å². The highest BCUT2D eigenvalue weighted by Crippen LogP contribution is 2.21. The molecule has 0 spiro atoms. The lowest BCUT2D eigenvalue weighted by molar-refractivity contribution is -0.132. The van der Waals surface area contributed by atoms with Gasteiger partial charge in [-0.3, -0.25) is 9.59 Å². The number of nitrogens with zero attached hydrogens (tertiary/aromatic N) is 1. The van der Waals surface area contributed by atoms with Crippen LogP contribution in [0, 0.1) is 0 Å². The topological polar surface area (TPSA) is 72.6 Å². The Bertz CT molecular complexity index is 428. The number of carbonyl (C=O) groups is 2.